The summed E-state index contributed by atoms with van der Waals surface area (Å²) in [5, 5.41) is 3.31. The van der Waals surface area contributed by atoms with Crippen LogP contribution in [0.15, 0.2) is 24.3 Å². The van der Waals surface area contributed by atoms with Gasteiger partial charge in [0.05, 0.1) is 12.8 Å². The lowest BCUT2D eigenvalue weighted by Crippen LogP contribution is -2.25. The van der Waals surface area contributed by atoms with Crippen molar-refractivity contribution in [2.45, 2.75) is 25.7 Å². The third-order valence-electron chi connectivity index (χ3n) is 4.74. The summed E-state index contributed by atoms with van der Waals surface area (Å²) in [5.74, 6) is 2.88. The maximum Gasteiger partial charge on any atom is 0.233 e. The van der Waals surface area contributed by atoms with Crippen LogP contribution < -0.4 is 19.9 Å². The van der Waals surface area contributed by atoms with E-state index in [9.17, 15) is 0 Å². The van der Waals surface area contributed by atoms with Crippen molar-refractivity contribution in [1.29, 1.82) is 0 Å². The number of aromatic nitrogens is 3. The fourth-order valence-electron chi connectivity index (χ4n) is 3.40. The Labute approximate surface area is 148 Å². The number of benzene rings is 1. The molecule has 0 aliphatic carbocycles. The number of nitrogens with one attached hydrogen (secondary N) is 1. The Morgan fingerprint density at radius 3 is 1.96 bits per heavy atom. The molecule has 2 fully saturated rings. The van der Waals surface area contributed by atoms with Gasteiger partial charge in [-0.05, 0) is 37.8 Å². The predicted molar refractivity (Wildman–Crippen MR) is 99.0 cm³/mol. The van der Waals surface area contributed by atoms with Crippen LogP contribution in [0.2, 0.25) is 0 Å². The summed E-state index contributed by atoms with van der Waals surface area (Å²) in [7, 11) is 1.67. The largest absolute Gasteiger partial charge is 0.495 e. The number of rotatable bonds is 5. The highest BCUT2D eigenvalue weighted by atomic mass is 16.5. The monoisotopic (exact) mass is 340 g/mol. The molecule has 0 bridgehead atoms. The van der Waals surface area contributed by atoms with Crippen molar-refractivity contribution in [2.24, 2.45) is 0 Å². The van der Waals surface area contributed by atoms with Gasteiger partial charge in [-0.1, -0.05) is 12.1 Å². The molecular weight excluding hydrogens is 316 g/mol. The fourth-order valence-corrected chi connectivity index (χ4v) is 3.40. The number of hydrogen-bond acceptors (Lipinski definition) is 7. The van der Waals surface area contributed by atoms with Crippen LogP contribution in [0.5, 0.6) is 5.75 Å². The molecule has 4 rings (SSSR count). The number of ether oxygens (including phenoxy) is 1. The van der Waals surface area contributed by atoms with Crippen LogP contribution >= 0.6 is 0 Å². The molecule has 1 N–H and O–H groups in total. The molecule has 0 spiro atoms. The summed E-state index contributed by atoms with van der Waals surface area (Å²) in [6, 6.07) is 7.80. The van der Waals surface area contributed by atoms with Crippen LogP contribution in [0.1, 0.15) is 25.7 Å². The first kappa shape index (κ1) is 15.9. The summed E-state index contributed by atoms with van der Waals surface area (Å²) >= 11 is 0. The summed E-state index contributed by atoms with van der Waals surface area (Å²) < 4.78 is 5.42. The van der Waals surface area contributed by atoms with Crippen LogP contribution in [0, 0.1) is 0 Å². The van der Waals surface area contributed by atoms with Gasteiger partial charge in [-0.15, -0.1) is 0 Å². The Hall–Kier alpha value is -2.57. The molecular formula is C18H24N6O. The van der Waals surface area contributed by atoms with E-state index in [2.05, 4.69) is 25.1 Å². The molecule has 0 atom stereocenters. The second-order valence-corrected chi connectivity index (χ2v) is 6.47. The van der Waals surface area contributed by atoms with E-state index in [1.165, 1.54) is 25.7 Å². The maximum atomic E-state index is 5.42. The van der Waals surface area contributed by atoms with E-state index in [1.807, 2.05) is 24.3 Å². The van der Waals surface area contributed by atoms with Crippen LogP contribution in [0.4, 0.5) is 23.5 Å². The van der Waals surface area contributed by atoms with Crippen molar-refractivity contribution < 1.29 is 4.74 Å². The SMILES string of the molecule is COc1ccccc1Nc1nc(N2CCCC2)nc(N2CCCC2)n1. The maximum absolute atomic E-state index is 5.42. The van der Waals surface area contributed by atoms with Gasteiger partial charge in [-0.2, -0.15) is 15.0 Å². The standard InChI is InChI=1S/C18H24N6O/c1-25-15-9-3-2-8-14(15)19-16-20-17(23-10-4-5-11-23)22-18(21-16)24-12-6-7-13-24/h2-3,8-9H,4-7,10-13H2,1H3,(H,19,20,21,22). The highest BCUT2D eigenvalue weighted by molar-refractivity contribution is 5.63. The van der Waals surface area contributed by atoms with E-state index in [-0.39, 0.29) is 0 Å². The van der Waals surface area contributed by atoms with Crippen molar-refractivity contribution in [3.05, 3.63) is 24.3 Å². The lowest BCUT2D eigenvalue weighted by Gasteiger charge is -2.21. The molecule has 3 heterocycles. The number of methoxy groups -OCH3 is 1. The van der Waals surface area contributed by atoms with Crippen LogP contribution in [-0.4, -0.2) is 48.2 Å². The third kappa shape index (κ3) is 3.45. The van der Waals surface area contributed by atoms with Crippen LogP contribution in [-0.2, 0) is 0 Å². The lowest BCUT2D eigenvalue weighted by molar-refractivity contribution is 0.417. The van der Waals surface area contributed by atoms with Crippen molar-refractivity contribution in [2.75, 3.05) is 48.4 Å². The number of nitrogens with zero attached hydrogens (tertiary/aromatic N) is 5. The molecule has 7 nitrogen and oxygen atoms in total. The molecule has 25 heavy (non-hydrogen) atoms. The van der Waals surface area contributed by atoms with E-state index in [1.54, 1.807) is 7.11 Å². The second kappa shape index (κ2) is 7.13. The zero-order valence-electron chi connectivity index (χ0n) is 14.6. The summed E-state index contributed by atoms with van der Waals surface area (Å²) in [6.07, 6.45) is 4.78. The van der Waals surface area contributed by atoms with Gasteiger partial charge < -0.3 is 19.9 Å². The number of anilines is 4. The molecule has 132 valence electrons. The van der Waals surface area contributed by atoms with Gasteiger partial charge >= 0.3 is 0 Å². The van der Waals surface area contributed by atoms with Gasteiger partial charge in [0.2, 0.25) is 17.8 Å². The minimum absolute atomic E-state index is 0.573. The highest BCUT2D eigenvalue weighted by Gasteiger charge is 2.21. The normalized spacial score (nSPS) is 17.2. The smallest absolute Gasteiger partial charge is 0.233 e. The van der Waals surface area contributed by atoms with Crippen molar-refractivity contribution in [3.8, 4) is 5.75 Å². The molecule has 0 saturated carbocycles. The van der Waals surface area contributed by atoms with Gasteiger partial charge in [-0.3, -0.25) is 0 Å². The Bertz CT molecular complexity index is 691. The van der Waals surface area contributed by atoms with Crippen LogP contribution in [0.3, 0.4) is 0 Å². The van der Waals surface area contributed by atoms with Crippen molar-refractivity contribution >= 4 is 23.5 Å². The van der Waals surface area contributed by atoms with E-state index >= 15 is 0 Å². The zero-order valence-corrected chi connectivity index (χ0v) is 14.6. The molecule has 0 radical (unpaired) electrons. The highest BCUT2D eigenvalue weighted by Crippen LogP contribution is 2.28. The minimum atomic E-state index is 0.573. The molecule has 0 unspecified atom stereocenters. The molecule has 2 saturated heterocycles. The Morgan fingerprint density at radius 1 is 0.840 bits per heavy atom. The zero-order chi connectivity index (χ0) is 17.1. The number of para-hydroxylation sites is 2. The molecule has 0 amide bonds. The minimum Gasteiger partial charge on any atom is -0.495 e. The Kier molecular flexibility index (Phi) is 4.54. The van der Waals surface area contributed by atoms with Gasteiger partial charge in [0.25, 0.3) is 0 Å². The van der Waals surface area contributed by atoms with Gasteiger partial charge in [-0.25, -0.2) is 0 Å². The third-order valence-corrected chi connectivity index (χ3v) is 4.74. The average Bonchev–Trinajstić information content (AvgIpc) is 3.36. The lowest BCUT2D eigenvalue weighted by atomic mass is 10.3. The topological polar surface area (TPSA) is 66.4 Å². The summed E-state index contributed by atoms with van der Waals surface area (Å²) in [5.41, 5.74) is 0.857. The second-order valence-electron chi connectivity index (χ2n) is 6.47. The number of hydrogen-bond donors (Lipinski definition) is 1. The summed E-state index contributed by atoms with van der Waals surface area (Å²) in [6.45, 7) is 4.05. The molecule has 2 aliphatic heterocycles. The first-order chi connectivity index (χ1) is 12.3. The summed E-state index contributed by atoms with van der Waals surface area (Å²) in [4.78, 5) is 18.6. The molecule has 1 aromatic carbocycles. The first-order valence-electron chi connectivity index (χ1n) is 8.99. The molecule has 2 aromatic rings. The quantitative estimate of drug-likeness (QED) is 0.897. The van der Waals surface area contributed by atoms with Gasteiger partial charge in [0.15, 0.2) is 0 Å². The molecule has 1 aromatic heterocycles. The van der Waals surface area contributed by atoms with E-state index in [0.29, 0.717) is 5.95 Å². The average molecular weight is 340 g/mol. The van der Waals surface area contributed by atoms with Gasteiger partial charge in [0.1, 0.15) is 5.75 Å². The predicted octanol–water partition coefficient (Wildman–Crippen LogP) is 2.82. The molecule has 7 heteroatoms. The first-order valence-corrected chi connectivity index (χ1v) is 8.99. The molecule has 2 aliphatic rings. The van der Waals surface area contributed by atoms with Gasteiger partial charge in [0, 0.05) is 26.2 Å². The van der Waals surface area contributed by atoms with E-state index in [4.69, 9.17) is 9.72 Å². The van der Waals surface area contributed by atoms with E-state index < -0.39 is 0 Å². The fraction of sp³-hybridized carbons (Fsp3) is 0.500. The van der Waals surface area contributed by atoms with Crippen molar-refractivity contribution in [3.63, 3.8) is 0 Å². The Balaban J connectivity index is 1.67. The van der Waals surface area contributed by atoms with E-state index in [0.717, 1.165) is 49.5 Å². The Morgan fingerprint density at radius 2 is 1.40 bits per heavy atom. The van der Waals surface area contributed by atoms with Crippen molar-refractivity contribution in [1.82, 2.24) is 15.0 Å². The van der Waals surface area contributed by atoms with Crippen LogP contribution in [0.25, 0.3) is 0 Å².